The lowest BCUT2D eigenvalue weighted by Crippen LogP contribution is -2.29. The third-order valence-corrected chi connectivity index (χ3v) is 5.71. The second kappa shape index (κ2) is 12.3. The first-order chi connectivity index (χ1) is 16.9. The summed E-state index contributed by atoms with van der Waals surface area (Å²) in [5.41, 5.74) is 1.28. The maximum absolute atomic E-state index is 13.1. The number of aromatic amines is 1. The molecule has 0 fully saturated rings. The van der Waals surface area contributed by atoms with Gasteiger partial charge in [0.2, 0.25) is 5.91 Å². The molecule has 0 unspecified atom stereocenters. The fourth-order valence-corrected chi connectivity index (χ4v) is 3.97. The maximum Gasteiger partial charge on any atom is 0.262 e. The molecule has 0 bridgehead atoms. The summed E-state index contributed by atoms with van der Waals surface area (Å²) in [6.07, 6.45) is 0.745. The number of hydrogen-bond acceptors (Lipinski definition) is 7. The number of amides is 1. The third kappa shape index (κ3) is 6.33. The minimum absolute atomic E-state index is 0.115. The van der Waals surface area contributed by atoms with Gasteiger partial charge >= 0.3 is 0 Å². The van der Waals surface area contributed by atoms with Gasteiger partial charge in [-0.05, 0) is 56.2 Å². The minimum atomic E-state index is -0.286. The van der Waals surface area contributed by atoms with Gasteiger partial charge in [-0.2, -0.15) is 0 Å². The number of nitrogens with zero attached hydrogens (tertiary/aromatic N) is 1. The number of fused-ring (bicyclic) bond motifs is 1. The first kappa shape index (κ1) is 26.1. The quantitative estimate of drug-likeness (QED) is 0.365. The van der Waals surface area contributed by atoms with E-state index in [0.717, 1.165) is 5.56 Å². The van der Waals surface area contributed by atoms with Crippen molar-refractivity contribution in [2.24, 2.45) is 0 Å². The molecule has 0 saturated carbocycles. The molecule has 2 aromatic carbocycles. The van der Waals surface area contributed by atoms with Crippen molar-refractivity contribution in [2.75, 3.05) is 34.0 Å². The number of hydrogen-bond donors (Lipinski definition) is 2. The van der Waals surface area contributed by atoms with E-state index in [1.165, 1.54) is 4.57 Å². The molecule has 9 nitrogen and oxygen atoms in total. The topological polar surface area (TPSA) is 104 Å². The van der Waals surface area contributed by atoms with Crippen molar-refractivity contribution in [1.82, 2.24) is 14.9 Å². The SMILES string of the molecule is CCOc1cc2[nH]c(=S)n(CCC(=O)NCCc3ccc(OC)c(OC)c3)c(=O)c2cc1OCC. The molecule has 3 aromatic rings. The van der Waals surface area contributed by atoms with Gasteiger partial charge in [0.15, 0.2) is 27.8 Å². The summed E-state index contributed by atoms with van der Waals surface area (Å²) in [7, 11) is 3.17. The van der Waals surface area contributed by atoms with Gasteiger partial charge in [0.1, 0.15) is 0 Å². The van der Waals surface area contributed by atoms with Gasteiger partial charge in [-0.1, -0.05) is 6.07 Å². The van der Waals surface area contributed by atoms with Crippen LogP contribution in [0.5, 0.6) is 23.0 Å². The van der Waals surface area contributed by atoms with Crippen molar-refractivity contribution >= 4 is 29.0 Å². The van der Waals surface area contributed by atoms with Crippen LogP contribution in [-0.4, -0.2) is 49.4 Å². The van der Waals surface area contributed by atoms with E-state index in [1.807, 2.05) is 32.0 Å². The van der Waals surface area contributed by atoms with Crippen LogP contribution in [0.25, 0.3) is 10.9 Å². The number of methoxy groups -OCH3 is 2. The molecular formula is C25H31N3O6S. The molecule has 1 aromatic heterocycles. The van der Waals surface area contributed by atoms with Crippen LogP contribution in [0.3, 0.4) is 0 Å². The van der Waals surface area contributed by atoms with E-state index in [2.05, 4.69) is 10.3 Å². The number of carbonyl (C=O) groups is 1. The molecule has 0 aliphatic rings. The minimum Gasteiger partial charge on any atom is -0.493 e. The predicted octanol–water partition coefficient (Wildman–Crippen LogP) is 3.62. The summed E-state index contributed by atoms with van der Waals surface area (Å²) in [6, 6.07) is 9.00. The largest absolute Gasteiger partial charge is 0.493 e. The van der Waals surface area contributed by atoms with Gasteiger partial charge in [-0.15, -0.1) is 0 Å². The van der Waals surface area contributed by atoms with Crippen LogP contribution in [0, 0.1) is 4.77 Å². The van der Waals surface area contributed by atoms with Crippen LogP contribution < -0.4 is 29.8 Å². The van der Waals surface area contributed by atoms with Gasteiger partial charge in [0.25, 0.3) is 5.56 Å². The zero-order chi connectivity index (χ0) is 25.4. The molecule has 35 heavy (non-hydrogen) atoms. The number of rotatable bonds is 12. The van der Waals surface area contributed by atoms with E-state index in [4.69, 9.17) is 31.2 Å². The molecule has 2 N–H and O–H groups in total. The Morgan fingerprint density at radius 2 is 1.69 bits per heavy atom. The van der Waals surface area contributed by atoms with Crippen molar-refractivity contribution in [3.8, 4) is 23.0 Å². The number of H-pyrrole nitrogens is 1. The van der Waals surface area contributed by atoms with Gasteiger partial charge < -0.3 is 29.2 Å². The normalized spacial score (nSPS) is 10.7. The zero-order valence-corrected chi connectivity index (χ0v) is 21.3. The van der Waals surface area contributed by atoms with E-state index in [-0.39, 0.29) is 29.2 Å². The second-order valence-electron chi connectivity index (χ2n) is 7.64. The van der Waals surface area contributed by atoms with Crippen LogP contribution in [0.2, 0.25) is 0 Å². The molecule has 1 heterocycles. The van der Waals surface area contributed by atoms with Crippen LogP contribution in [0.4, 0.5) is 0 Å². The van der Waals surface area contributed by atoms with Crippen molar-refractivity contribution in [3.05, 3.63) is 51.0 Å². The van der Waals surface area contributed by atoms with E-state index < -0.39 is 0 Å². The Bertz CT molecular complexity index is 1300. The summed E-state index contributed by atoms with van der Waals surface area (Å²) >= 11 is 5.39. The van der Waals surface area contributed by atoms with Gasteiger partial charge in [-0.3, -0.25) is 14.2 Å². The summed E-state index contributed by atoms with van der Waals surface area (Å²) in [5.74, 6) is 2.15. The first-order valence-corrected chi connectivity index (χ1v) is 11.9. The number of aromatic nitrogens is 2. The maximum atomic E-state index is 13.1. The summed E-state index contributed by atoms with van der Waals surface area (Å²) in [6.45, 7) is 5.24. The lowest BCUT2D eigenvalue weighted by Gasteiger charge is -2.13. The highest BCUT2D eigenvalue weighted by molar-refractivity contribution is 7.71. The molecule has 10 heteroatoms. The second-order valence-corrected chi connectivity index (χ2v) is 8.02. The van der Waals surface area contributed by atoms with E-state index in [9.17, 15) is 9.59 Å². The highest BCUT2D eigenvalue weighted by atomic mass is 32.1. The molecule has 1 amide bonds. The average molecular weight is 502 g/mol. The Morgan fingerprint density at radius 3 is 2.34 bits per heavy atom. The Labute approximate surface area is 209 Å². The highest BCUT2D eigenvalue weighted by Gasteiger charge is 2.13. The Balaban J connectivity index is 1.67. The van der Waals surface area contributed by atoms with Crippen molar-refractivity contribution < 1.29 is 23.7 Å². The van der Waals surface area contributed by atoms with Crippen molar-refractivity contribution in [1.29, 1.82) is 0 Å². The molecule has 0 spiro atoms. The van der Waals surface area contributed by atoms with Crippen molar-refractivity contribution in [3.63, 3.8) is 0 Å². The van der Waals surface area contributed by atoms with Crippen LogP contribution >= 0.6 is 12.2 Å². The highest BCUT2D eigenvalue weighted by Crippen LogP contribution is 2.31. The Kier molecular flexibility index (Phi) is 9.13. The summed E-state index contributed by atoms with van der Waals surface area (Å²) in [4.78, 5) is 28.6. The lowest BCUT2D eigenvalue weighted by atomic mass is 10.1. The zero-order valence-electron chi connectivity index (χ0n) is 20.4. The standard InChI is InChI=1S/C25H31N3O6S/c1-5-33-21-14-17-18(15-22(21)34-6-2)27-25(35)28(24(17)30)12-10-23(29)26-11-9-16-7-8-19(31-3)20(13-16)32-4/h7-8,13-15H,5-6,9-12H2,1-4H3,(H,26,29)(H,27,35). The van der Waals surface area contributed by atoms with E-state index >= 15 is 0 Å². The number of benzene rings is 2. The van der Waals surface area contributed by atoms with Gasteiger partial charge in [0.05, 0.1) is 38.3 Å². The smallest absolute Gasteiger partial charge is 0.262 e. The average Bonchev–Trinajstić information content (AvgIpc) is 2.85. The molecule has 0 aliphatic carbocycles. The molecule has 0 aliphatic heterocycles. The molecule has 3 rings (SSSR count). The van der Waals surface area contributed by atoms with Crippen LogP contribution in [0.15, 0.2) is 35.1 Å². The third-order valence-electron chi connectivity index (χ3n) is 5.39. The Morgan fingerprint density at radius 1 is 1.00 bits per heavy atom. The van der Waals surface area contributed by atoms with Crippen molar-refractivity contribution in [2.45, 2.75) is 33.2 Å². The Hall–Kier alpha value is -3.53. The fourth-order valence-electron chi connectivity index (χ4n) is 3.68. The van der Waals surface area contributed by atoms with Crippen LogP contribution in [0.1, 0.15) is 25.8 Å². The molecule has 188 valence electrons. The monoisotopic (exact) mass is 501 g/mol. The molecule has 0 atom stereocenters. The van der Waals surface area contributed by atoms with E-state index in [1.54, 1.807) is 26.4 Å². The fraction of sp³-hybridized carbons (Fsp3) is 0.400. The molecular weight excluding hydrogens is 470 g/mol. The molecule has 0 radical (unpaired) electrons. The summed E-state index contributed by atoms with van der Waals surface area (Å²) in [5, 5.41) is 3.30. The van der Waals surface area contributed by atoms with Crippen LogP contribution in [-0.2, 0) is 17.8 Å². The lowest BCUT2D eigenvalue weighted by molar-refractivity contribution is -0.121. The van der Waals surface area contributed by atoms with Gasteiger partial charge in [0, 0.05) is 25.6 Å². The number of nitrogens with one attached hydrogen (secondary N) is 2. The number of ether oxygens (including phenoxy) is 4. The van der Waals surface area contributed by atoms with E-state index in [0.29, 0.717) is 60.1 Å². The summed E-state index contributed by atoms with van der Waals surface area (Å²) < 4.78 is 23.5. The molecule has 0 saturated heterocycles. The number of carbonyl (C=O) groups excluding carboxylic acids is 1. The first-order valence-electron chi connectivity index (χ1n) is 11.5. The predicted molar refractivity (Wildman–Crippen MR) is 137 cm³/mol. The van der Waals surface area contributed by atoms with Gasteiger partial charge in [-0.25, -0.2) is 0 Å².